The number of unbranched alkanes of at least 4 members (excludes halogenated alkanes) is 1. The highest BCUT2D eigenvalue weighted by atomic mass is 19.3. The average Bonchev–Trinajstić information content (AvgIpc) is 3.57. The van der Waals surface area contributed by atoms with E-state index in [0.717, 1.165) is 47.6 Å². The second-order valence-corrected chi connectivity index (χ2v) is 9.57. The summed E-state index contributed by atoms with van der Waals surface area (Å²) in [4.78, 5) is 6.96. The number of halogens is 2. The monoisotopic (exact) mass is 544 g/mol. The van der Waals surface area contributed by atoms with Crippen LogP contribution in [-0.4, -0.2) is 27.9 Å². The minimum atomic E-state index is -2.88. The maximum Gasteiger partial charge on any atom is 0.387 e. The van der Waals surface area contributed by atoms with E-state index < -0.39 is 6.61 Å². The number of nitrogens with zero attached hydrogens (tertiary/aromatic N) is 4. The Morgan fingerprint density at radius 2 is 1.70 bits per heavy atom. The van der Waals surface area contributed by atoms with Crippen molar-refractivity contribution in [2.24, 2.45) is 0 Å². The van der Waals surface area contributed by atoms with Crippen LogP contribution >= 0.6 is 0 Å². The summed E-state index contributed by atoms with van der Waals surface area (Å²) in [7, 11) is 0. The number of aromatic nitrogens is 2. The van der Waals surface area contributed by atoms with Crippen LogP contribution in [0, 0.1) is 11.3 Å². The van der Waals surface area contributed by atoms with Gasteiger partial charge >= 0.3 is 6.61 Å². The molecule has 1 aliphatic rings. The SMILES string of the molecule is CCCCn1c(-c2ccccc2)nc(C#N)c1CN(Cc1ccc(OC(F)F)cc1)Cc1ccc2c(c1)OCO2. The van der Waals surface area contributed by atoms with Gasteiger partial charge in [0.2, 0.25) is 6.79 Å². The number of nitriles is 1. The Balaban J connectivity index is 1.49. The molecule has 0 spiro atoms. The molecule has 3 aromatic carbocycles. The van der Waals surface area contributed by atoms with E-state index in [4.69, 9.17) is 14.5 Å². The third-order valence-electron chi connectivity index (χ3n) is 6.72. The zero-order valence-corrected chi connectivity index (χ0v) is 22.2. The number of alkyl halides is 2. The van der Waals surface area contributed by atoms with Crippen molar-refractivity contribution >= 4 is 0 Å². The van der Waals surface area contributed by atoms with Crippen molar-refractivity contribution in [3.63, 3.8) is 0 Å². The molecule has 0 fully saturated rings. The van der Waals surface area contributed by atoms with Gasteiger partial charge in [-0.05, 0) is 41.8 Å². The van der Waals surface area contributed by atoms with Crippen molar-refractivity contribution in [1.29, 1.82) is 5.26 Å². The molecule has 2 heterocycles. The molecule has 206 valence electrons. The Bertz CT molecular complexity index is 1470. The summed E-state index contributed by atoms with van der Waals surface area (Å²) in [6, 6.07) is 24.7. The number of imidazole rings is 1. The van der Waals surface area contributed by atoms with Crippen molar-refractivity contribution in [2.75, 3.05) is 6.79 Å². The lowest BCUT2D eigenvalue weighted by Crippen LogP contribution is -2.24. The molecule has 0 N–H and O–H groups in total. The van der Waals surface area contributed by atoms with Gasteiger partial charge in [-0.25, -0.2) is 4.98 Å². The molecule has 0 unspecified atom stereocenters. The van der Waals surface area contributed by atoms with Crippen LogP contribution in [0.2, 0.25) is 0 Å². The van der Waals surface area contributed by atoms with E-state index in [1.807, 2.05) is 48.5 Å². The number of benzene rings is 3. The van der Waals surface area contributed by atoms with Gasteiger partial charge in [0.15, 0.2) is 17.2 Å². The molecule has 0 saturated heterocycles. The first-order valence-electron chi connectivity index (χ1n) is 13.2. The van der Waals surface area contributed by atoms with Crippen LogP contribution in [0.5, 0.6) is 17.2 Å². The van der Waals surface area contributed by atoms with Gasteiger partial charge in [0, 0.05) is 31.7 Å². The largest absolute Gasteiger partial charge is 0.454 e. The Kier molecular flexibility index (Phi) is 8.57. The molecule has 7 nitrogen and oxygen atoms in total. The smallest absolute Gasteiger partial charge is 0.387 e. The molecule has 40 heavy (non-hydrogen) atoms. The summed E-state index contributed by atoms with van der Waals surface area (Å²) in [5, 5.41) is 10.1. The number of hydrogen-bond acceptors (Lipinski definition) is 6. The van der Waals surface area contributed by atoms with E-state index in [1.54, 1.807) is 24.3 Å². The van der Waals surface area contributed by atoms with Gasteiger partial charge in [-0.1, -0.05) is 61.9 Å². The molecule has 0 atom stereocenters. The lowest BCUT2D eigenvalue weighted by atomic mass is 10.1. The molecule has 0 aliphatic carbocycles. The summed E-state index contributed by atoms with van der Waals surface area (Å²) < 4.78 is 43.0. The molecule has 4 aromatic rings. The Labute approximate surface area is 232 Å². The fraction of sp³-hybridized carbons (Fsp3) is 0.290. The summed E-state index contributed by atoms with van der Waals surface area (Å²) in [5.41, 5.74) is 4.13. The Morgan fingerprint density at radius 3 is 2.42 bits per heavy atom. The van der Waals surface area contributed by atoms with Crippen LogP contribution in [0.1, 0.15) is 42.3 Å². The lowest BCUT2D eigenvalue weighted by molar-refractivity contribution is -0.0498. The first kappa shape index (κ1) is 27.2. The van der Waals surface area contributed by atoms with E-state index in [1.165, 1.54) is 0 Å². The molecule has 5 rings (SSSR count). The minimum Gasteiger partial charge on any atom is -0.454 e. The van der Waals surface area contributed by atoms with Crippen LogP contribution in [0.4, 0.5) is 8.78 Å². The van der Waals surface area contributed by atoms with Gasteiger partial charge in [-0.3, -0.25) is 4.90 Å². The molecule has 9 heteroatoms. The highest BCUT2D eigenvalue weighted by Crippen LogP contribution is 2.33. The molecule has 1 aromatic heterocycles. The molecule has 0 saturated carbocycles. The highest BCUT2D eigenvalue weighted by Gasteiger charge is 2.22. The van der Waals surface area contributed by atoms with Crippen LogP contribution in [0.15, 0.2) is 72.8 Å². The van der Waals surface area contributed by atoms with E-state index >= 15 is 0 Å². The van der Waals surface area contributed by atoms with Crippen molar-refractivity contribution in [3.8, 4) is 34.7 Å². The first-order chi connectivity index (χ1) is 19.5. The summed E-state index contributed by atoms with van der Waals surface area (Å²) in [6.45, 7) is 1.71. The number of fused-ring (bicyclic) bond motifs is 1. The van der Waals surface area contributed by atoms with Gasteiger partial charge < -0.3 is 18.8 Å². The zero-order valence-electron chi connectivity index (χ0n) is 22.2. The van der Waals surface area contributed by atoms with Crippen LogP contribution in [0.3, 0.4) is 0 Å². The zero-order chi connectivity index (χ0) is 27.9. The second-order valence-electron chi connectivity index (χ2n) is 9.57. The van der Waals surface area contributed by atoms with Crippen LogP contribution in [0.25, 0.3) is 11.4 Å². The number of ether oxygens (including phenoxy) is 3. The van der Waals surface area contributed by atoms with Gasteiger partial charge in [0.1, 0.15) is 17.6 Å². The third-order valence-corrected chi connectivity index (χ3v) is 6.72. The first-order valence-corrected chi connectivity index (χ1v) is 13.2. The summed E-state index contributed by atoms with van der Waals surface area (Å²) in [5.74, 6) is 2.29. The Morgan fingerprint density at radius 1 is 0.975 bits per heavy atom. The lowest BCUT2D eigenvalue weighted by Gasteiger charge is -2.24. The molecular weight excluding hydrogens is 514 g/mol. The molecule has 0 bridgehead atoms. The van der Waals surface area contributed by atoms with Crippen molar-refractivity contribution in [1.82, 2.24) is 14.5 Å². The number of rotatable bonds is 12. The standard InChI is InChI=1S/C31H30F2N4O3/c1-2-3-15-37-27(26(17-34)35-30(37)24-7-5-4-6-8-24)20-36(18-22-9-12-25(13-10-22)40-31(32)33)19-23-11-14-28-29(16-23)39-21-38-28/h4-14,16,31H,2-3,15,18-21H2,1H3. The minimum absolute atomic E-state index is 0.109. The quantitative estimate of drug-likeness (QED) is 0.196. The fourth-order valence-electron chi connectivity index (χ4n) is 4.81. The molecule has 0 amide bonds. The van der Waals surface area contributed by atoms with E-state index in [9.17, 15) is 14.0 Å². The Hall–Kier alpha value is -4.42. The van der Waals surface area contributed by atoms with E-state index in [0.29, 0.717) is 36.8 Å². The molecular formula is C31H30F2N4O3. The maximum atomic E-state index is 12.6. The average molecular weight is 545 g/mol. The van der Waals surface area contributed by atoms with Crippen LogP contribution < -0.4 is 14.2 Å². The number of hydrogen-bond donors (Lipinski definition) is 0. The third kappa shape index (κ3) is 6.41. The van der Waals surface area contributed by atoms with Gasteiger partial charge in [0.25, 0.3) is 0 Å². The summed E-state index contributed by atoms with van der Waals surface area (Å²) in [6.07, 6.45) is 1.95. The topological polar surface area (TPSA) is 72.5 Å². The van der Waals surface area contributed by atoms with E-state index in [2.05, 4.69) is 27.2 Å². The van der Waals surface area contributed by atoms with Crippen molar-refractivity contribution in [3.05, 3.63) is 95.3 Å². The van der Waals surface area contributed by atoms with Gasteiger partial charge in [0.05, 0.1) is 5.69 Å². The predicted molar refractivity (Wildman–Crippen MR) is 146 cm³/mol. The maximum absolute atomic E-state index is 12.6. The highest BCUT2D eigenvalue weighted by molar-refractivity contribution is 5.58. The second kappa shape index (κ2) is 12.6. The molecule has 0 radical (unpaired) electrons. The van der Waals surface area contributed by atoms with Gasteiger partial charge in [-0.15, -0.1) is 0 Å². The predicted octanol–water partition coefficient (Wildman–Crippen LogP) is 6.75. The normalized spacial score (nSPS) is 12.2. The van der Waals surface area contributed by atoms with Crippen molar-refractivity contribution < 1.29 is 23.0 Å². The van der Waals surface area contributed by atoms with Crippen LogP contribution in [-0.2, 0) is 26.2 Å². The fourth-order valence-corrected chi connectivity index (χ4v) is 4.81. The molecule has 1 aliphatic heterocycles. The van der Waals surface area contributed by atoms with Crippen molar-refractivity contribution in [2.45, 2.75) is 52.6 Å². The van der Waals surface area contributed by atoms with E-state index in [-0.39, 0.29) is 12.5 Å². The summed E-state index contributed by atoms with van der Waals surface area (Å²) >= 11 is 0. The van der Waals surface area contributed by atoms with Gasteiger partial charge in [-0.2, -0.15) is 14.0 Å².